The van der Waals surface area contributed by atoms with Gasteiger partial charge in [-0.25, -0.2) is 4.98 Å². The zero-order valence-electron chi connectivity index (χ0n) is 16.6. The lowest BCUT2D eigenvalue weighted by atomic mass is 10.0. The molecule has 0 bridgehead atoms. The Morgan fingerprint density at radius 2 is 2.04 bits per heavy atom. The SMILES string of the molecule is CCN(Cc1nc(-c2ccc(OC)c(C)c2C)oc1C)C[C@H]1CCCO1. The molecule has 5 nitrogen and oxygen atoms in total. The highest BCUT2D eigenvalue weighted by molar-refractivity contribution is 5.63. The van der Waals surface area contributed by atoms with E-state index in [1.54, 1.807) is 7.11 Å². The third-order valence-electron chi connectivity index (χ3n) is 5.39. The fourth-order valence-electron chi connectivity index (χ4n) is 3.53. The molecule has 1 aromatic heterocycles. The maximum atomic E-state index is 6.02. The van der Waals surface area contributed by atoms with E-state index in [-0.39, 0.29) is 0 Å². The van der Waals surface area contributed by atoms with Crippen molar-refractivity contribution in [3.63, 3.8) is 0 Å². The molecule has 0 aliphatic carbocycles. The van der Waals surface area contributed by atoms with E-state index in [1.165, 1.54) is 6.42 Å². The molecule has 3 rings (SSSR count). The Balaban J connectivity index is 1.79. The number of oxazole rings is 1. The van der Waals surface area contributed by atoms with Crippen LogP contribution in [0.5, 0.6) is 5.75 Å². The molecular weight excluding hydrogens is 328 g/mol. The standard InChI is InChI=1S/C21H30N2O3/c1-6-23(12-17-8-7-11-25-17)13-19-16(4)26-21(22-19)18-9-10-20(24-5)15(3)14(18)2/h9-10,17H,6-8,11-13H2,1-5H3/t17-/m1/s1. The largest absolute Gasteiger partial charge is 0.496 e. The summed E-state index contributed by atoms with van der Waals surface area (Å²) in [5, 5.41) is 0. The van der Waals surface area contributed by atoms with E-state index < -0.39 is 0 Å². The van der Waals surface area contributed by atoms with Crippen molar-refractivity contribution in [3.8, 4) is 17.2 Å². The molecule has 1 saturated heterocycles. The van der Waals surface area contributed by atoms with Crippen molar-refractivity contribution < 1.29 is 13.9 Å². The van der Waals surface area contributed by atoms with Gasteiger partial charge in [-0.15, -0.1) is 0 Å². The normalized spacial score (nSPS) is 17.2. The molecule has 0 unspecified atom stereocenters. The maximum absolute atomic E-state index is 6.02. The smallest absolute Gasteiger partial charge is 0.226 e. The molecule has 1 aromatic carbocycles. The van der Waals surface area contributed by atoms with Gasteiger partial charge in [0.05, 0.1) is 18.9 Å². The number of hydrogen-bond donors (Lipinski definition) is 0. The minimum Gasteiger partial charge on any atom is -0.496 e. The molecular formula is C21H30N2O3. The first-order chi connectivity index (χ1) is 12.5. The van der Waals surface area contributed by atoms with Crippen molar-refractivity contribution in [2.75, 3.05) is 26.8 Å². The second-order valence-electron chi connectivity index (χ2n) is 7.05. The highest BCUT2D eigenvalue weighted by Crippen LogP contribution is 2.31. The van der Waals surface area contributed by atoms with Crippen LogP contribution in [0.15, 0.2) is 16.5 Å². The summed E-state index contributed by atoms with van der Waals surface area (Å²) in [5.41, 5.74) is 4.30. The van der Waals surface area contributed by atoms with Crippen LogP contribution in [0.25, 0.3) is 11.5 Å². The highest BCUT2D eigenvalue weighted by atomic mass is 16.5. The molecule has 0 N–H and O–H groups in total. The van der Waals surface area contributed by atoms with Crippen LogP contribution < -0.4 is 4.74 Å². The first-order valence-corrected chi connectivity index (χ1v) is 9.48. The zero-order chi connectivity index (χ0) is 18.7. The van der Waals surface area contributed by atoms with Gasteiger partial charge in [0.25, 0.3) is 0 Å². The minimum atomic E-state index is 0.355. The average Bonchev–Trinajstić information content (AvgIpc) is 3.27. The van der Waals surface area contributed by atoms with E-state index in [1.807, 2.05) is 19.1 Å². The maximum Gasteiger partial charge on any atom is 0.226 e. The molecule has 0 saturated carbocycles. The Morgan fingerprint density at radius 3 is 2.69 bits per heavy atom. The van der Waals surface area contributed by atoms with Crippen LogP contribution in [0.3, 0.4) is 0 Å². The van der Waals surface area contributed by atoms with Gasteiger partial charge in [-0.3, -0.25) is 4.90 Å². The monoisotopic (exact) mass is 358 g/mol. The molecule has 26 heavy (non-hydrogen) atoms. The zero-order valence-corrected chi connectivity index (χ0v) is 16.6. The number of hydrogen-bond acceptors (Lipinski definition) is 5. The summed E-state index contributed by atoms with van der Waals surface area (Å²) in [5.74, 6) is 2.47. The van der Waals surface area contributed by atoms with Crippen LogP contribution in [-0.4, -0.2) is 42.8 Å². The molecule has 5 heteroatoms. The Bertz CT molecular complexity index is 748. The van der Waals surface area contributed by atoms with Crippen molar-refractivity contribution >= 4 is 0 Å². The second kappa shape index (κ2) is 8.23. The van der Waals surface area contributed by atoms with Crippen molar-refractivity contribution in [2.45, 2.75) is 53.2 Å². The molecule has 1 aliphatic heterocycles. The number of rotatable bonds is 7. The predicted molar refractivity (Wildman–Crippen MR) is 103 cm³/mol. The quantitative estimate of drug-likeness (QED) is 0.739. The van der Waals surface area contributed by atoms with Crippen LogP contribution in [0.1, 0.15) is 42.3 Å². The average molecular weight is 358 g/mol. The number of likely N-dealkylation sites (N-methyl/N-ethyl adjacent to an activating group) is 1. The molecule has 2 heterocycles. The number of ether oxygens (including phenoxy) is 2. The van der Waals surface area contributed by atoms with Gasteiger partial charge in [0.1, 0.15) is 11.5 Å². The number of benzene rings is 1. The molecule has 1 aliphatic rings. The topological polar surface area (TPSA) is 47.7 Å². The number of aromatic nitrogens is 1. The van der Waals surface area contributed by atoms with E-state index in [0.717, 1.165) is 66.6 Å². The minimum absolute atomic E-state index is 0.355. The third kappa shape index (κ3) is 3.94. The van der Waals surface area contributed by atoms with Crippen molar-refractivity contribution in [3.05, 3.63) is 34.7 Å². The Labute approximate surface area is 156 Å². The molecule has 0 spiro atoms. The summed E-state index contributed by atoms with van der Waals surface area (Å²) < 4.78 is 17.2. The Morgan fingerprint density at radius 1 is 1.23 bits per heavy atom. The van der Waals surface area contributed by atoms with Crippen molar-refractivity contribution in [1.29, 1.82) is 0 Å². The number of aryl methyl sites for hydroxylation is 1. The lowest BCUT2D eigenvalue weighted by Gasteiger charge is -2.22. The fraction of sp³-hybridized carbons (Fsp3) is 0.571. The van der Waals surface area contributed by atoms with Crippen molar-refractivity contribution in [1.82, 2.24) is 9.88 Å². The van der Waals surface area contributed by atoms with E-state index in [0.29, 0.717) is 12.0 Å². The van der Waals surface area contributed by atoms with E-state index >= 15 is 0 Å². The molecule has 1 fully saturated rings. The molecule has 0 amide bonds. The van der Waals surface area contributed by atoms with E-state index in [4.69, 9.17) is 18.9 Å². The Hall–Kier alpha value is -1.85. The van der Waals surface area contributed by atoms with Crippen LogP contribution >= 0.6 is 0 Å². The number of methoxy groups -OCH3 is 1. The van der Waals surface area contributed by atoms with Crippen molar-refractivity contribution in [2.24, 2.45) is 0 Å². The van der Waals surface area contributed by atoms with Crippen LogP contribution in [-0.2, 0) is 11.3 Å². The Kier molecular flexibility index (Phi) is 5.99. The molecule has 1 atom stereocenters. The van der Waals surface area contributed by atoms with Gasteiger partial charge in [0.15, 0.2) is 0 Å². The lowest BCUT2D eigenvalue weighted by molar-refractivity contribution is 0.0720. The van der Waals surface area contributed by atoms with Gasteiger partial charge in [0, 0.05) is 25.3 Å². The van der Waals surface area contributed by atoms with Gasteiger partial charge in [-0.1, -0.05) is 6.92 Å². The second-order valence-corrected chi connectivity index (χ2v) is 7.05. The summed E-state index contributed by atoms with van der Waals surface area (Å²) in [6.07, 6.45) is 2.68. The fourth-order valence-corrected chi connectivity index (χ4v) is 3.53. The first-order valence-electron chi connectivity index (χ1n) is 9.48. The predicted octanol–water partition coefficient (Wildman–Crippen LogP) is 4.28. The third-order valence-corrected chi connectivity index (χ3v) is 5.39. The highest BCUT2D eigenvalue weighted by Gasteiger charge is 2.21. The molecule has 142 valence electrons. The summed E-state index contributed by atoms with van der Waals surface area (Å²) in [6, 6.07) is 4.01. The molecule has 0 radical (unpaired) electrons. The molecule has 2 aromatic rings. The summed E-state index contributed by atoms with van der Waals surface area (Å²) in [4.78, 5) is 7.20. The van der Waals surface area contributed by atoms with Gasteiger partial charge in [-0.2, -0.15) is 0 Å². The first kappa shape index (κ1) is 18.9. The summed E-state index contributed by atoms with van der Waals surface area (Å²) in [6.45, 7) is 11.9. The summed E-state index contributed by atoms with van der Waals surface area (Å²) in [7, 11) is 1.70. The number of nitrogens with zero attached hydrogens (tertiary/aromatic N) is 2. The lowest BCUT2D eigenvalue weighted by Crippen LogP contribution is -2.31. The summed E-state index contributed by atoms with van der Waals surface area (Å²) >= 11 is 0. The van der Waals surface area contributed by atoms with Gasteiger partial charge in [0.2, 0.25) is 5.89 Å². The van der Waals surface area contributed by atoms with Gasteiger partial charge >= 0.3 is 0 Å². The van der Waals surface area contributed by atoms with Crippen LogP contribution in [0.2, 0.25) is 0 Å². The van der Waals surface area contributed by atoms with E-state index in [2.05, 4.69) is 25.7 Å². The van der Waals surface area contributed by atoms with E-state index in [9.17, 15) is 0 Å². The van der Waals surface area contributed by atoms with Crippen LogP contribution in [0.4, 0.5) is 0 Å². The van der Waals surface area contributed by atoms with Gasteiger partial charge in [-0.05, 0) is 63.4 Å². The van der Waals surface area contributed by atoms with Gasteiger partial charge < -0.3 is 13.9 Å². The van der Waals surface area contributed by atoms with Crippen LogP contribution in [0, 0.1) is 20.8 Å².